The molecule has 0 aliphatic carbocycles. The Balaban J connectivity index is 1.34. The summed E-state index contributed by atoms with van der Waals surface area (Å²) in [7, 11) is 0. The fraction of sp³-hybridized carbons (Fsp3) is 0.200. The van der Waals surface area contributed by atoms with Crippen LogP contribution in [-0.2, 0) is 17.9 Å². The molecule has 1 amide bonds. The van der Waals surface area contributed by atoms with Crippen molar-refractivity contribution in [2.24, 2.45) is 0 Å². The van der Waals surface area contributed by atoms with E-state index in [1.807, 2.05) is 6.07 Å². The predicted molar refractivity (Wildman–Crippen MR) is 107 cm³/mol. The topological polar surface area (TPSA) is 112 Å². The van der Waals surface area contributed by atoms with E-state index in [0.29, 0.717) is 21.8 Å². The molecule has 0 bridgehead atoms. The fourth-order valence-electron chi connectivity index (χ4n) is 3.05. The van der Waals surface area contributed by atoms with Crippen LogP contribution in [0.3, 0.4) is 0 Å². The maximum Gasteiger partial charge on any atom is 0.277 e. The second-order valence-electron chi connectivity index (χ2n) is 6.50. The summed E-state index contributed by atoms with van der Waals surface area (Å²) in [5.74, 6) is -0.230. The number of aromatic nitrogens is 5. The highest BCUT2D eigenvalue weighted by molar-refractivity contribution is 5.78. The minimum atomic E-state index is -0.251. The molecular weight excluding hydrogens is 372 g/mol. The van der Waals surface area contributed by atoms with E-state index in [2.05, 4.69) is 20.6 Å². The fourth-order valence-corrected chi connectivity index (χ4v) is 3.05. The van der Waals surface area contributed by atoms with Crippen molar-refractivity contribution < 1.29 is 4.79 Å². The zero-order chi connectivity index (χ0) is 20.2. The highest BCUT2D eigenvalue weighted by Crippen LogP contribution is 2.05. The molecule has 0 aliphatic heterocycles. The van der Waals surface area contributed by atoms with Gasteiger partial charge in [0, 0.05) is 19.5 Å². The van der Waals surface area contributed by atoms with Crippen LogP contribution >= 0.6 is 0 Å². The molecule has 0 atom stereocenters. The standard InChI is InChI=1S/C20H18N6O3/c27-18(9-11-25-13-22-16-7-3-1-5-14(16)19(25)28)21-10-12-26-20(29)15-6-2-4-8-17(15)23-24-26/h1-8,13H,9-12H2,(H,21,27). The third kappa shape index (κ3) is 3.88. The van der Waals surface area contributed by atoms with Crippen LogP contribution < -0.4 is 16.4 Å². The summed E-state index contributed by atoms with van der Waals surface area (Å²) in [5.41, 5.74) is 0.729. The van der Waals surface area contributed by atoms with E-state index in [-0.39, 0.29) is 43.1 Å². The Bertz CT molecular complexity index is 1310. The molecule has 0 radical (unpaired) electrons. The molecule has 2 heterocycles. The van der Waals surface area contributed by atoms with Crippen LogP contribution in [0.25, 0.3) is 21.8 Å². The van der Waals surface area contributed by atoms with Crippen molar-refractivity contribution in [2.45, 2.75) is 19.5 Å². The van der Waals surface area contributed by atoms with Crippen LogP contribution in [0.4, 0.5) is 0 Å². The molecule has 29 heavy (non-hydrogen) atoms. The van der Waals surface area contributed by atoms with Gasteiger partial charge in [0.15, 0.2) is 0 Å². The number of carbonyl (C=O) groups excluding carboxylic acids is 1. The Labute approximate surface area is 164 Å². The van der Waals surface area contributed by atoms with Gasteiger partial charge in [-0.05, 0) is 24.3 Å². The van der Waals surface area contributed by atoms with E-state index < -0.39 is 0 Å². The Kier molecular flexibility index (Phi) is 5.10. The quantitative estimate of drug-likeness (QED) is 0.519. The van der Waals surface area contributed by atoms with Crippen molar-refractivity contribution in [3.05, 3.63) is 75.6 Å². The van der Waals surface area contributed by atoms with Crippen LogP contribution in [0.15, 0.2) is 64.4 Å². The van der Waals surface area contributed by atoms with E-state index >= 15 is 0 Å². The summed E-state index contributed by atoms with van der Waals surface area (Å²) in [6.07, 6.45) is 1.57. The van der Waals surface area contributed by atoms with Gasteiger partial charge in [-0.15, -0.1) is 5.10 Å². The lowest BCUT2D eigenvalue weighted by Gasteiger charge is -2.08. The van der Waals surface area contributed by atoms with E-state index in [0.717, 1.165) is 0 Å². The monoisotopic (exact) mass is 390 g/mol. The predicted octanol–water partition coefficient (Wildman–Crippen LogP) is 0.708. The molecule has 9 nitrogen and oxygen atoms in total. The van der Waals surface area contributed by atoms with Crippen LogP contribution in [0, 0.1) is 0 Å². The van der Waals surface area contributed by atoms with Gasteiger partial charge in [0.1, 0.15) is 5.52 Å². The van der Waals surface area contributed by atoms with Crippen LogP contribution in [0.2, 0.25) is 0 Å². The second kappa shape index (κ2) is 8.01. The first-order valence-corrected chi connectivity index (χ1v) is 9.17. The molecule has 0 saturated carbocycles. The Hall–Kier alpha value is -3.88. The van der Waals surface area contributed by atoms with Crippen molar-refractivity contribution >= 4 is 27.7 Å². The smallest absolute Gasteiger partial charge is 0.277 e. The summed E-state index contributed by atoms with van der Waals surface area (Å²) in [5, 5.41) is 11.6. The maximum atomic E-state index is 12.4. The van der Waals surface area contributed by atoms with Crippen LogP contribution in [0.5, 0.6) is 0 Å². The molecule has 2 aromatic heterocycles. The Morgan fingerprint density at radius 3 is 2.38 bits per heavy atom. The first-order valence-electron chi connectivity index (χ1n) is 9.17. The molecule has 0 aliphatic rings. The van der Waals surface area contributed by atoms with Gasteiger partial charge in [-0.25, -0.2) is 9.67 Å². The van der Waals surface area contributed by atoms with Crippen molar-refractivity contribution in [3.8, 4) is 0 Å². The average Bonchev–Trinajstić information content (AvgIpc) is 2.75. The SMILES string of the molecule is O=C(CCn1cnc2ccccc2c1=O)NCCn1nnc2ccccc2c1=O. The molecule has 9 heteroatoms. The number of benzene rings is 2. The summed E-state index contributed by atoms with van der Waals surface area (Å²) in [6, 6.07) is 14.0. The number of nitrogens with one attached hydrogen (secondary N) is 1. The van der Waals surface area contributed by atoms with Gasteiger partial charge in [0.2, 0.25) is 5.91 Å². The van der Waals surface area contributed by atoms with Gasteiger partial charge in [-0.1, -0.05) is 29.5 Å². The number of fused-ring (bicyclic) bond motifs is 2. The normalized spacial score (nSPS) is 11.0. The van der Waals surface area contributed by atoms with Crippen LogP contribution in [-0.4, -0.2) is 37.0 Å². The number of hydrogen-bond acceptors (Lipinski definition) is 6. The molecule has 0 fully saturated rings. The lowest BCUT2D eigenvalue weighted by atomic mass is 10.2. The van der Waals surface area contributed by atoms with Crippen LogP contribution in [0.1, 0.15) is 6.42 Å². The number of amides is 1. The van der Waals surface area contributed by atoms with E-state index in [1.54, 1.807) is 42.5 Å². The van der Waals surface area contributed by atoms with Gasteiger partial charge in [-0.3, -0.25) is 19.0 Å². The number of para-hydroxylation sites is 1. The number of carbonyl (C=O) groups is 1. The number of nitrogens with zero attached hydrogens (tertiary/aromatic N) is 5. The molecule has 2 aromatic carbocycles. The number of hydrogen-bond donors (Lipinski definition) is 1. The molecule has 1 N–H and O–H groups in total. The molecule has 0 spiro atoms. The van der Waals surface area contributed by atoms with E-state index in [4.69, 9.17) is 0 Å². The Morgan fingerprint density at radius 1 is 0.897 bits per heavy atom. The van der Waals surface area contributed by atoms with Gasteiger partial charge in [-0.2, -0.15) is 0 Å². The minimum absolute atomic E-state index is 0.123. The highest BCUT2D eigenvalue weighted by atomic mass is 16.2. The Morgan fingerprint density at radius 2 is 1.59 bits per heavy atom. The maximum absolute atomic E-state index is 12.4. The number of rotatable bonds is 6. The molecule has 0 saturated heterocycles. The highest BCUT2D eigenvalue weighted by Gasteiger charge is 2.08. The molecular formula is C20H18N6O3. The third-order valence-electron chi connectivity index (χ3n) is 4.59. The van der Waals surface area contributed by atoms with Gasteiger partial charge >= 0.3 is 0 Å². The first kappa shape index (κ1) is 18.5. The average molecular weight is 390 g/mol. The summed E-state index contributed by atoms with van der Waals surface area (Å²) in [6.45, 7) is 0.661. The summed E-state index contributed by atoms with van der Waals surface area (Å²) in [4.78, 5) is 41.1. The lowest BCUT2D eigenvalue weighted by molar-refractivity contribution is -0.121. The summed E-state index contributed by atoms with van der Waals surface area (Å²) >= 11 is 0. The van der Waals surface area contributed by atoms with Crippen molar-refractivity contribution in [1.29, 1.82) is 0 Å². The van der Waals surface area contributed by atoms with E-state index in [1.165, 1.54) is 15.6 Å². The molecule has 4 aromatic rings. The molecule has 146 valence electrons. The zero-order valence-electron chi connectivity index (χ0n) is 15.5. The van der Waals surface area contributed by atoms with E-state index in [9.17, 15) is 14.4 Å². The number of aryl methyl sites for hydroxylation is 1. The minimum Gasteiger partial charge on any atom is -0.354 e. The third-order valence-corrected chi connectivity index (χ3v) is 4.59. The van der Waals surface area contributed by atoms with Gasteiger partial charge < -0.3 is 5.32 Å². The van der Waals surface area contributed by atoms with Crippen molar-refractivity contribution in [1.82, 2.24) is 29.9 Å². The van der Waals surface area contributed by atoms with Crippen molar-refractivity contribution in [3.63, 3.8) is 0 Å². The second-order valence-corrected chi connectivity index (χ2v) is 6.50. The lowest BCUT2D eigenvalue weighted by Crippen LogP contribution is -2.33. The molecule has 0 unspecified atom stereocenters. The first-order chi connectivity index (χ1) is 14.1. The van der Waals surface area contributed by atoms with Gasteiger partial charge in [0.05, 0.1) is 29.2 Å². The molecule has 4 rings (SSSR count). The van der Waals surface area contributed by atoms with Gasteiger partial charge in [0.25, 0.3) is 11.1 Å². The largest absolute Gasteiger partial charge is 0.354 e. The summed E-state index contributed by atoms with van der Waals surface area (Å²) < 4.78 is 2.64. The van der Waals surface area contributed by atoms with Crippen molar-refractivity contribution in [2.75, 3.05) is 6.54 Å². The zero-order valence-corrected chi connectivity index (χ0v) is 15.5.